The third kappa shape index (κ3) is 22.2. The van der Waals surface area contributed by atoms with E-state index in [0.717, 1.165) is 102 Å². The molecule has 0 aromatic heterocycles. The van der Waals surface area contributed by atoms with E-state index < -0.39 is 0 Å². The van der Waals surface area contributed by atoms with Gasteiger partial charge in [0, 0.05) is 0 Å². The molecule has 0 N–H and O–H groups in total. The quantitative estimate of drug-likeness (QED) is 0.0985. The summed E-state index contributed by atoms with van der Waals surface area (Å²) in [5.74, 6) is 15.4. The molecule has 4 aromatic rings. The van der Waals surface area contributed by atoms with Crippen LogP contribution in [0.15, 0.2) is 48.5 Å². The van der Waals surface area contributed by atoms with E-state index in [0.29, 0.717) is 5.75 Å². The first-order valence-corrected chi connectivity index (χ1v) is 41.0. The zero-order chi connectivity index (χ0) is 67.9. The van der Waals surface area contributed by atoms with Crippen LogP contribution in [0, 0.1) is 166 Å². The summed E-state index contributed by atoms with van der Waals surface area (Å²) in [4.78, 5) is 12.6. The molecule has 2 heteroatoms. The minimum Gasteiger partial charge on any atom is -0.426 e. The Balaban J connectivity index is 0.000000149. The second-order valence-corrected chi connectivity index (χ2v) is 35.5. The van der Waals surface area contributed by atoms with Gasteiger partial charge in [-0.3, -0.25) is 4.79 Å². The van der Waals surface area contributed by atoms with Crippen molar-refractivity contribution in [1.82, 2.24) is 0 Å². The van der Waals surface area contributed by atoms with Crippen LogP contribution in [0.5, 0.6) is 5.75 Å². The average Bonchev–Trinajstić information content (AvgIpc) is 0.939. The highest BCUT2D eigenvalue weighted by Gasteiger charge is 2.35. The maximum Gasteiger partial charge on any atom is 0.314 e. The van der Waals surface area contributed by atoms with Crippen molar-refractivity contribution in [3.8, 4) is 5.75 Å². The highest BCUT2D eigenvalue weighted by atomic mass is 16.5. The summed E-state index contributed by atoms with van der Waals surface area (Å²) in [5, 5.41) is 0. The molecule has 0 amide bonds. The van der Waals surface area contributed by atoms with Gasteiger partial charge in [-0.25, -0.2) is 0 Å². The standard InChI is InChI=1S/2C24H38.C23H34O2.C22H34/c1-17-5-11-23(12-6-17)24-13-9-21(10-14-24)7-8-22-15-18(2)20(4)19(3)16-22;1-17-5-7-21(8-6-17)9-10-22-11-13-23(14-12-22)24-15-18(2)20(4)19(3)16-24;1-15-5-7-19(8-6-15)20-9-11-21(12-10-20)23(24)25-22-13-16(2)18(4)17(3)14-22;1-15-5-7-19(8-6-15)20-9-11-21(12-10-20)22-13-16(2)18(4)17(3)14-22/h15-17,21,23-24H,5-14H2,1-4H3;15-17,21-23H,5-14H2,1-4H3;13-15,19-21H,5-12H2,1-4H3;13-15,19-21H,5-12H2,1-4H3. The van der Waals surface area contributed by atoms with E-state index >= 15 is 0 Å². The lowest BCUT2D eigenvalue weighted by Gasteiger charge is -2.37. The normalized spacial score (nSPS) is 31.3. The third-order valence-corrected chi connectivity index (χ3v) is 28.7. The van der Waals surface area contributed by atoms with E-state index in [1.807, 2.05) is 12.1 Å². The van der Waals surface area contributed by atoms with Crippen LogP contribution in [0.1, 0.15) is 348 Å². The van der Waals surface area contributed by atoms with E-state index in [4.69, 9.17) is 4.74 Å². The first kappa shape index (κ1) is 75.5. The summed E-state index contributed by atoms with van der Waals surface area (Å²) in [5.41, 5.74) is 21.8. The van der Waals surface area contributed by atoms with Gasteiger partial charge in [-0.2, -0.15) is 0 Å². The van der Waals surface area contributed by atoms with Crippen molar-refractivity contribution >= 4 is 5.97 Å². The number of hydrogen-bond acceptors (Lipinski definition) is 2. The molecule has 8 aliphatic rings. The summed E-state index contributed by atoms with van der Waals surface area (Å²) in [7, 11) is 0. The number of rotatable bonds is 13. The van der Waals surface area contributed by atoms with Gasteiger partial charge < -0.3 is 4.74 Å². The van der Waals surface area contributed by atoms with E-state index in [9.17, 15) is 4.79 Å². The molecule has 0 bridgehead atoms. The van der Waals surface area contributed by atoms with E-state index in [1.165, 1.54) is 285 Å². The highest BCUT2D eigenvalue weighted by Crippen LogP contribution is 2.47. The molecule has 0 saturated heterocycles. The van der Waals surface area contributed by atoms with Gasteiger partial charge in [0.1, 0.15) is 5.75 Å². The molecule has 4 aromatic carbocycles. The minimum atomic E-state index is -0.0154. The predicted octanol–water partition coefficient (Wildman–Crippen LogP) is 27.5. The van der Waals surface area contributed by atoms with Gasteiger partial charge in [0.2, 0.25) is 0 Å². The summed E-state index contributed by atoms with van der Waals surface area (Å²) in [6.45, 7) is 36.4. The molecule has 0 aliphatic heterocycles. The maximum atomic E-state index is 12.6. The lowest BCUT2D eigenvalue weighted by Crippen LogP contribution is -2.29. The number of carbonyl (C=O) groups is 1. The Morgan fingerprint density at radius 3 is 0.884 bits per heavy atom. The smallest absolute Gasteiger partial charge is 0.314 e. The average molecular weight is 1290 g/mol. The van der Waals surface area contributed by atoms with E-state index in [-0.39, 0.29) is 11.9 Å². The fourth-order valence-electron chi connectivity index (χ4n) is 20.3. The van der Waals surface area contributed by atoms with E-state index in [2.05, 4.69) is 147 Å². The molecule has 0 radical (unpaired) electrons. The monoisotopic (exact) mass is 1290 g/mol. The second-order valence-electron chi connectivity index (χ2n) is 35.5. The molecule has 12 rings (SSSR count). The molecule has 95 heavy (non-hydrogen) atoms. The van der Waals surface area contributed by atoms with Gasteiger partial charge in [-0.1, -0.05) is 154 Å². The summed E-state index contributed by atoms with van der Waals surface area (Å²) in [6.07, 6.45) is 51.5. The van der Waals surface area contributed by atoms with Crippen molar-refractivity contribution in [2.75, 3.05) is 0 Å². The first-order chi connectivity index (χ1) is 45.5. The summed E-state index contributed by atoms with van der Waals surface area (Å²) in [6, 6.07) is 18.7. The number of esters is 1. The maximum absolute atomic E-state index is 12.6. The van der Waals surface area contributed by atoms with Crippen LogP contribution in [0.4, 0.5) is 0 Å². The molecule has 8 saturated carbocycles. The largest absolute Gasteiger partial charge is 0.426 e. The van der Waals surface area contributed by atoms with Gasteiger partial charge in [0.05, 0.1) is 5.92 Å². The Kier molecular flexibility index (Phi) is 29.1. The zero-order valence-corrected chi connectivity index (χ0v) is 64.6. The molecule has 0 unspecified atom stereocenters. The molecular formula is C93H144O2. The van der Waals surface area contributed by atoms with Gasteiger partial charge in [0.15, 0.2) is 0 Å². The fraction of sp³-hybridized carbons (Fsp3) is 0.731. The van der Waals surface area contributed by atoms with Crippen molar-refractivity contribution in [2.45, 2.75) is 354 Å². The topological polar surface area (TPSA) is 26.3 Å². The number of aryl methyl sites for hydroxylation is 9. The van der Waals surface area contributed by atoms with Crippen LogP contribution in [0.2, 0.25) is 0 Å². The first-order valence-electron chi connectivity index (χ1n) is 41.0. The molecule has 0 spiro atoms. The van der Waals surface area contributed by atoms with Gasteiger partial charge in [0.25, 0.3) is 0 Å². The van der Waals surface area contributed by atoms with Gasteiger partial charge in [-0.05, 0) is 409 Å². The summed E-state index contributed by atoms with van der Waals surface area (Å²) < 4.78 is 5.73. The van der Waals surface area contributed by atoms with Crippen molar-refractivity contribution < 1.29 is 9.53 Å². The molecule has 528 valence electrons. The lowest BCUT2D eigenvalue weighted by molar-refractivity contribution is -0.140. The number of hydrogen-bond donors (Lipinski definition) is 0. The Labute approximate surface area is 586 Å². The molecule has 8 fully saturated rings. The third-order valence-electron chi connectivity index (χ3n) is 28.7. The van der Waals surface area contributed by atoms with Gasteiger partial charge in [-0.15, -0.1) is 0 Å². The molecule has 0 atom stereocenters. The molecular weight excluding hydrogens is 1150 g/mol. The highest BCUT2D eigenvalue weighted by molar-refractivity contribution is 5.75. The zero-order valence-electron chi connectivity index (χ0n) is 64.6. The van der Waals surface area contributed by atoms with Crippen LogP contribution >= 0.6 is 0 Å². The predicted molar refractivity (Wildman–Crippen MR) is 411 cm³/mol. The van der Waals surface area contributed by atoms with E-state index in [1.54, 1.807) is 16.7 Å². The molecule has 0 heterocycles. The minimum absolute atomic E-state index is 0.0154. The Bertz CT molecular complexity index is 2870. The Morgan fingerprint density at radius 2 is 0.537 bits per heavy atom. The number of ether oxygens (including phenoxy) is 1. The van der Waals surface area contributed by atoms with Crippen molar-refractivity contribution in [3.63, 3.8) is 0 Å². The number of benzene rings is 4. The second kappa shape index (κ2) is 36.6. The van der Waals surface area contributed by atoms with Crippen molar-refractivity contribution in [3.05, 3.63) is 132 Å². The van der Waals surface area contributed by atoms with Crippen LogP contribution in [-0.4, -0.2) is 5.97 Å². The van der Waals surface area contributed by atoms with Crippen molar-refractivity contribution in [1.29, 1.82) is 0 Å². The molecule has 2 nitrogen and oxygen atoms in total. The SMILES string of the molecule is Cc1cc(C2CCC(C3CCC(C)CC3)CC2)cc(C)c1C.Cc1cc(C2CCC(CCC3CCC(C)CC3)CC2)cc(C)c1C.Cc1cc(CCC2CCC(C3CCC(C)CC3)CC2)cc(C)c1C.Cc1cc(OC(=O)C2CCC(C3CCC(C)CC3)CC2)cc(C)c1C. The molecule has 8 aliphatic carbocycles. The summed E-state index contributed by atoms with van der Waals surface area (Å²) >= 11 is 0. The van der Waals surface area contributed by atoms with Crippen molar-refractivity contribution in [2.24, 2.45) is 82.9 Å². The van der Waals surface area contributed by atoms with Crippen LogP contribution in [-0.2, 0) is 11.2 Å². The van der Waals surface area contributed by atoms with Crippen LogP contribution in [0.25, 0.3) is 0 Å². The fourth-order valence-corrected chi connectivity index (χ4v) is 20.3. The van der Waals surface area contributed by atoms with Gasteiger partial charge >= 0.3 is 5.97 Å². The van der Waals surface area contributed by atoms with Crippen LogP contribution in [0.3, 0.4) is 0 Å². The van der Waals surface area contributed by atoms with Crippen LogP contribution < -0.4 is 4.74 Å². The lowest BCUT2D eigenvalue weighted by atomic mass is 9.68. The Morgan fingerprint density at radius 1 is 0.295 bits per heavy atom. The number of carbonyl (C=O) groups excluding carboxylic acids is 1. The Hall–Kier alpha value is -3.65.